The Labute approximate surface area is 168 Å². The lowest BCUT2D eigenvalue weighted by molar-refractivity contribution is -0.134. The largest absolute Gasteiger partial charge is 0.342 e. The first-order valence-electron chi connectivity index (χ1n) is 10.6. The van der Waals surface area contributed by atoms with Crippen LogP contribution in [0.4, 0.5) is 5.69 Å². The van der Waals surface area contributed by atoms with Gasteiger partial charge in [0.15, 0.2) is 0 Å². The molecule has 3 rings (SSSR count). The Kier molecular flexibility index (Phi) is 7.08. The summed E-state index contributed by atoms with van der Waals surface area (Å²) in [7, 11) is 0. The van der Waals surface area contributed by atoms with Crippen LogP contribution in [0.1, 0.15) is 37.3 Å². The van der Waals surface area contributed by atoms with Crippen molar-refractivity contribution in [3.05, 3.63) is 29.3 Å². The fourth-order valence-corrected chi connectivity index (χ4v) is 4.02. The summed E-state index contributed by atoms with van der Waals surface area (Å²) in [5, 5.41) is 3.08. The molecule has 0 bridgehead atoms. The van der Waals surface area contributed by atoms with Crippen LogP contribution in [0.25, 0.3) is 0 Å². The number of nitrogens with zero attached hydrogens (tertiary/aromatic N) is 3. The second-order valence-electron chi connectivity index (χ2n) is 8.24. The first-order chi connectivity index (χ1) is 13.4. The average Bonchev–Trinajstić information content (AvgIpc) is 2.71. The predicted octanol–water partition coefficient (Wildman–Crippen LogP) is 2.26. The van der Waals surface area contributed by atoms with Crippen molar-refractivity contribution in [3.63, 3.8) is 0 Å². The molecule has 0 radical (unpaired) electrons. The van der Waals surface area contributed by atoms with Crippen LogP contribution < -0.4 is 5.32 Å². The third kappa shape index (κ3) is 5.32. The van der Waals surface area contributed by atoms with Crippen molar-refractivity contribution in [1.82, 2.24) is 14.7 Å². The smallest absolute Gasteiger partial charge is 0.241 e. The number of benzene rings is 1. The molecule has 0 aromatic heterocycles. The SMILES string of the molecule is Cc1ccc(C)c(NC(=O)[C@H](C)N2CCN(CC(=O)N3CCCCC3)CC2)c1. The maximum atomic E-state index is 12.7. The average molecular weight is 387 g/mol. The fourth-order valence-electron chi connectivity index (χ4n) is 4.02. The summed E-state index contributed by atoms with van der Waals surface area (Å²) in [6, 6.07) is 5.93. The minimum atomic E-state index is -0.181. The number of likely N-dealkylation sites (tertiary alicyclic amines) is 1. The summed E-state index contributed by atoms with van der Waals surface area (Å²) in [5.41, 5.74) is 3.11. The van der Waals surface area contributed by atoms with Crippen LogP contribution in [0.3, 0.4) is 0 Å². The van der Waals surface area contributed by atoms with Crippen molar-refractivity contribution in [1.29, 1.82) is 0 Å². The molecule has 0 saturated carbocycles. The minimum absolute atomic E-state index is 0.0338. The van der Waals surface area contributed by atoms with Gasteiger partial charge in [-0.1, -0.05) is 12.1 Å². The second-order valence-corrected chi connectivity index (χ2v) is 8.24. The van der Waals surface area contributed by atoms with E-state index in [0.717, 1.165) is 68.9 Å². The van der Waals surface area contributed by atoms with Gasteiger partial charge in [0.05, 0.1) is 12.6 Å². The van der Waals surface area contributed by atoms with Gasteiger partial charge in [-0.15, -0.1) is 0 Å². The van der Waals surface area contributed by atoms with E-state index in [1.807, 2.05) is 37.8 Å². The van der Waals surface area contributed by atoms with E-state index in [0.29, 0.717) is 6.54 Å². The Bertz CT molecular complexity index is 692. The zero-order chi connectivity index (χ0) is 20.1. The molecule has 1 N–H and O–H groups in total. The fraction of sp³-hybridized carbons (Fsp3) is 0.636. The van der Waals surface area contributed by atoms with Crippen LogP contribution in [-0.2, 0) is 9.59 Å². The summed E-state index contributed by atoms with van der Waals surface area (Å²) in [6.45, 7) is 11.6. The number of carbonyl (C=O) groups excluding carboxylic acids is 2. The van der Waals surface area contributed by atoms with Gasteiger partial charge in [0.2, 0.25) is 11.8 Å². The highest BCUT2D eigenvalue weighted by Crippen LogP contribution is 2.18. The maximum Gasteiger partial charge on any atom is 0.241 e. The molecule has 6 heteroatoms. The number of hydrogen-bond donors (Lipinski definition) is 1. The highest BCUT2D eigenvalue weighted by Gasteiger charge is 2.27. The lowest BCUT2D eigenvalue weighted by Crippen LogP contribution is -2.54. The Morgan fingerprint density at radius 3 is 2.36 bits per heavy atom. The van der Waals surface area contributed by atoms with Gasteiger partial charge in [-0.2, -0.15) is 0 Å². The van der Waals surface area contributed by atoms with Crippen LogP contribution in [-0.4, -0.2) is 78.4 Å². The third-order valence-corrected chi connectivity index (χ3v) is 6.05. The molecule has 0 aliphatic carbocycles. The molecule has 154 valence electrons. The quantitative estimate of drug-likeness (QED) is 0.843. The van der Waals surface area contributed by atoms with Gasteiger partial charge < -0.3 is 10.2 Å². The number of piperidine rings is 1. The number of carbonyl (C=O) groups is 2. The number of hydrogen-bond acceptors (Lipinski definition) is 4. The summed E-state index contributed by atoms with van der Waals surface area (Å²) >= 11 is 0. The zero-order valence-electron chi connectivity index (χ0n) is 17.5. The van der Waals surface area contributed by atoms with E-state index in [1.54, 1.807) is 0 Å². The number of nitrogens with one attached hydrogen (secondary N) is 1. The summed E-state index contributed by atoms with van der Waals surface area (Å²) < 4.78 is 0. The number of amides is 2. The van der Waals surface area contributed by atoms with Crippen molar-refractivity contribution >= 4 is 17.5 Å². The van der Waals surface area contributed by atoms with Gasteiger partial charge in [-0.05, 0) is 57.2 Å². The van der Waals surface area contributed by atoms with Gasteiger partial charge in [0.1, 0.15) is 0 Å². The van der Waals surface area contributed by atoms with Crippen LogP contribution in [0, 0.1) is 13.8 Å². The van der Waals surface area contributed by atoms with E-state index in [2.05, 4.69) is 21.2 Å². The molecule has 2 aliphatic heterocycles. The van der Waals surface area contributed by atoms with Gasteiger partial charge in [-0.25, -0.2) is 0 Å². The van der Waals surface area contributed by atoms with E-state index in [9.17, 15) is 9.59 Å². The lowest BCUT2D eigenvalue weighted by Gasteiger charge is -2.38. The van der Waals surface area contributed by atoms with Crippen LogP contribution in [0.5, 0.6) is 0 Å². The maximum absolute atomic E-state index is 12.7. The van der Waals surface area contributed by atoms with E-state index in [1.165, 1.54) is 6.42 Å². The van der Waals surface area contributed by atoms with Crippen molar-refractivity contribution in [3.8, 4) is 0 Å². The van der Waals surface area contributed by atoms with Crippen LogP contribution in [0.2, 0.25) is 0 Å². The Morgan fingerprint density at radius 2 is 1.68 bits per heavy atom. The molecular formula is C22H34N4O2. The molecule has 6 nitrogen and oxygen atoms in total. The molecule has 2 amide bonds. The molecule has 0 spiro atoms. The highest BCUT2D eigenvalue weighted by atomic mass is 16.2. The molecule has 28 heavy (non-hydrogen) atoms. The number of rotatable bonds is 5. The third-order valence-electron chi connectivity index (χ3n) is 6.05. The molecule has 2 aliphatic rings. The summed E-state index contributed by atoms with van der Waals surface area (Å²) in [5.74, 6) is 0.292. The second kappa shape index (κ2) is 9.52. The van der Waals surface area contributed by atoms with Crippen LogP contribution in [0.15, 0.2) is 18.2 Å². The van der Waals surface area contributed by atoms with Crippen molar-refractivity contribution < 1.29 is 9.59 Å². The first-order valence-corrected chi connectivity index (χ1v) is 10.6. The molecule has 2 heterocycles. The Balaban J connectivity index is 1.46. The molecule has 1 aromatic carbocycles. The van der Waals surface area contributed by atoms with E-state index >= 15 is 0 Å². The molecule has 2 saturated heterocycles. The Morgan fingerprint density at radius 1 is 1.00 bits per heavy atom. The molecular weight excluding hydrogens is 352 g/mol. The standard InChI is InChI=1S/C22H34N4O2/c1-17-7-8-18(2)20(15-17)23-22(28)19(3)25-13-11-24(12-14-25)16-21(27)26-9-5-4-6-10-26/h7-8,15,19H,4-6,9-14,16H2,1-3H3,(H,23,28)/t19-/m0/s1. The van der Waals surface area contributed by atoms with E-state index < -0.39 is 0 Å². The van der Waals surface area contributed by atoms with E-state index in [4.69, 9.17) is 0 Å². The van der Waals surface area contributed by atoms with Crippen LogP contribution >= 0.6 is 0 Å². The normalized spacial score (nSPS) is 20.0. The Hall–Kier alpha value is -1.92. The van der Waals surface area contributed by atoms with E-state index in [-0.39, 0.29) is 17.9 Å². The minimum Gasteiger partial charge on any atom is -0.342 e. The lowest BCUT2D eigenvalue weighted by atomic mass is 10.1. The molecule has 1 atom stereocenters. The molecule has 0 unspecified atom stereocenters. The number of piperazine rings is 1. The number of anilines is 1. The van der Waals surface area contributed by atoms with Gasteiger partial charge >= 0.3 is 0 Å². The summed E-state index contributed by atoms with van der Waals surface area (Å²) in [6.07, 6.45) is 3.50. The van der Waals surface area contributed by atoms with Gasteiger partial charge in [0, 0.05) is 45.0 Å². The van der Waals surface area contributed by atoms with Crippen molar-refractivity contribution in [2.75, 3.05) is 51.1 Å². The van der Waals surface area contributed by atoms with Crippen molar-refractivity contribution in [2.24, 2.45) is 0 Å². The predicted molar refractivity (Wildman–Crippen MR) is 112 cm³/mol. The van der Waals surface area contributed by atoms with Crippen molar-refractivity contribution in [2.45, 2.75) is 46.1 Å². The number of aryl methyl sites for hydroxylation is 2. The highest BCUT2D eigenvalue weighted by molar-refractivity contribution is 5.95. The van der Waals surface area contributed by atoms with Gasteiger partial charge in [-0.3, -0.25) is 19.4 Å². The molecule has 2 fully saturated rings. The zero-order valence-corrected chi connectivity index (χ0v) is 17.5. The first kappa shape index (κ1) is 20.8. The van der Waals surface area contributed by atoms with Gasteiger partial charge in [0.25, 0.3) is 0 Å². The monoisotopic (exact) mass is 386 g/mol. The summed E-state index contributed by atoms with van der Waals surface area (Å²) in [4.78, 5) is 31.6. The molecule has 1 aromatic rings. The topological polar surface area (TPSA) is 55.9 Å².